The van der Waals surface area contributed by atoms with Crippen molar-refractivity contribution in [2.45, 2.75) is 46.0 Å². The molecular formula is C19H37IN4O. The van der Waals surface area contributed by atoms with Gasteiger partial charge in [-0.05, 0) is 37.5 Å². The van der Waals surface area contributed by atoms with Gasteiger partial charge in [0.15, 0.2) is 5.96 Å². The molecule has 0 amide bonds. The van der Waals surface area contributed by atoms with Crippen LogP contribution in [-0.2, 0) is 4.74 Å². The minimum atomic E-state index is 0. The second-order valence-corrected chi connectivity index (χ2v) is 8.20. The van der Waals surface area contributed by atoms with Gasteiger partial charge in [0, 0.05) is 45.8 Å². The molecule has 2 aliphatic heterocycles. The maximum absolute atomic E-state index is 5.46. The molecule has 1 atom stereocenters. The van der Waals surface area contributed by atoms with Crippen LogP contribution >= 0.6 is 24.0 Å². The van der Waals surface area contributed by atoms with E-state index in [0.717, 1.165) is 64.4 Å². The number of ether oxygens (including phenoxy) is 1. The average Bonchev–Trinajstić information content (AvgIpc) is 3.22. The van der Waals surface area contributed by atoms with E-state index in [1.54, 1.807) is 0 Å². The van der Waals surface area contributed by atoms with E-state index in [-0.39, 0.29) is 24.0 Å². The number of nitrogens with one attached hydrogen (secondary N) is 1. The Morgan fingerprint density at radius 1 is 1.20 bits per heavy atom. The lowest BCUT2D eigenvalue weighted by Gasteiger charge is -2.29. The standard InChI is InChI=1S/C19H36N4O.HI/c1-3-20-18(21-16-19(2)7-4-5-8-19)23-9-6-17(15-23)14-22-10-12-24-13-11-22;/h17H,3-16H2,1-2H3,(H,20,21);1H. The number of morpholine rings is 1. The van der Waals surface area contributed by atoms with E-state index in [1.807, 2.05) is 0 Å². The van der Waals surface area contributed by atoms with E-state index in [9.17, 15) is 0 Å². The van der Waals surface area contributed by atoms with Crippen molar-refractivity contribution < 1.29 is 4.74 Å². The molecular weight excluding hydrogens is 427 g/mol. The Morgan fingerprint density at radius 2 is 1.92 bits per heavy atom. The lowest BCUT2D eigenvalue weighted by Crippen LogP contribution is -2.42. The number of guanidine groups is 1. The summed E-state index contributed by atoms with van der Waals surface area (Å²) in [7, 11) is 0. The second-order valence-electron chi connectivity index (χ2n) is 8.20. The van der Waals surface area contributed by atoms with Crippen LogP contribution in [0.25, 0.3) is 0 Å². The Morgan fingerprint density at radius 3 is 2.60 bits per heavy atom. The summed E-state index contributed by atoms with van der Waals surface area (Å²) in [5.41, 5.74) is 0.438. The third kappa shape index (κ3) is 6.24. The zero-order valence-corrected chi connectivity index (χ0v) is 18.5. The maximum Gasteiger partial charge on any atom is 0.193 e. The number of likely N-dealkylation sites (tertiary alicyclic amines) is 1. The molecule has 0 aromatic heterocycles. The Bertz CT molecular complexity index is 420. The number of aliphatic imine (C=N–C) groups is 1. The van der Waals surface area contributed by atoms with E-state index in [0.29, 0.717) is 5.41 Å². The van der Waals surface area contributed by atoms with Crippen LogP contribution in [-0.4, -0.2) is 74.8 Å². The normalized spacial score (nSPS) is 27.4. The smallest absolute Gasteiger partial charge is 0.193 e. The minimum Gasteiger partial charge on any atom is -0.379 e. The molecule has 2 saturated heterocycles. The summed E-state index contributed by atoms with van der Waals surface area (Å²) in [6, 6.07) is 0. The summed E-state index contributed by atoms with van der Waals surface area (Å²) in [6.45, 7) is 14.1. The minimum absolute atomic E-state index is 0. The first-order chi connectivity index (χ1) is 11.7. The predicted octanol–water partition coefficient (Wildman–Crippen LogP) is 2.80. The topological polar surface area (TPSA) is 40.1 Å². The van der Waals surface area contributed by atoms with Crippen LogP contribution in [0.2, 0.25) is 0 Å². The number of rotatable bonds is 5. The third-order valence-corrected chi connectivity index (χ3v) is 5.96. The Labute approximate surface area is 171 Å². The monoisotopic (exact) mass is 464 g/mol. The summed E-state index contributed by atoms with van der Waals surface area (Å²) in [5.74, 6) is 1.92. The van der Waals surface area contributed by atoms with Gasteiger partial charge >= 0.3 is 0 Å². The van der Waals surface area contributed by atoms with Gasteiger partial charge in [0.1, 0.15) is 0 Å². The molecule has 0 radical (unpaired) electrons. The molecule has 25 heavy (non-hydrogen) atoms. The second kappa shape index (κ2) is 10.3. The zero-order valence-electron chi connectivity index (χ0n) is 16.1. The van der Waals surface area contributed by atoms with Crippen molar-refractivity contribution in [2.75, 3.05) is 59.0 Å². The summed E-state index contributed by atoms with van der Waals surface area (Å²) >= 11 is 0. The molecule has 0 aromatic carbocycles. The Hall–Kier alpha value is -0.0800. The molecule has 0 spiro atoms. The van der Waals surface area contributed by atoms with Crippen LogP contribution < -0.4 is 5.32 Å². The van der Waals surface area contributed by atoms with Crippen LogP contribution in [0.4, 0.5) is 0 Å². The summed E-state index contributed by atoms with van der Waals surface area (Å²) in [4.78, 5) is 10.1. The van der Waals surface area contributed by atoms with Crippen molar-refractivity contribution in [3.63, 3.8) is 0 Å². The number of hydrogen-bond acceptors (Lipinski definition) is 3. The first-order valence-electron chi connectivity index (χ1n) is 10.0. The molecule has 2 heterocycles. The van der Waals surface area contributed by atoms with Crippen LogP contribution in [0.15, 0.2) is 4.99 Å². The fraction of sp³-hybridized carbons (Fsp3) is 0.947. The quantitative estimate of drug-likeness (QED) is 0.386. The molecule has 1 saturated carbocycles. The number of nitrogens with zero attached hydrogens (tertiary/aromatic N) is 3. The van der Waals surface area contributed by atoms with E-state index < -0.39 is 0 Å². The van der Waals surface area contributed by atoms with Crippen molar-refractivity contribution in [3.05, 3.63) is 0 Å². The van der Waals surface area contributed by atoms with Crippen molar-refractivity contribution >= 4 is 29.9 Å². The molecule has 6 heteroatoms. The largest absolute Gasteiger partial charge is 0.379 e. The van der Waals surface area contributed by atoms with Crippen molar-refractivity contribution in [3.8, 4) is 0 Å². The van der Waals surface area contributed by atoms with Gasteiger partial charge in [0.2, 0.25) is 0 Å². The highest BCUT2D eigenvalue weighted by atomic mass is 127. The van der Waals surface area contributed by atoms with Gasteiger partial charge < -0.3 is 15.0 Å². The summed E-state index contributed by atoms with van der Waals surface area (Å²) in [6.07, 6.45) is 6.74. The lowest BCUT2D eigenvalue weighted by atomic mass is 9.89. The summed E-state index contributed by atoms with van der Waals surface area (Å²) < 4.78 is 5.46. The van der Waals surface area contributed by atoms with Gasteiger partial charge in [-0.15, -0.1) is 24.0 Å². The fourth-order valence-corrected chi connectivity index (χ4v) is 4.40. The molecule has 1 unspecified atom stereocenters. The summed E-state index contributed by atoms with van der Waals surface area (Å²) in [5, 5.41) is 3.53. The number of halogens is 1. The molecule has 0 bridgehead atoms. The molecule has 1 aliphatic carbocycles. The SMILES string of the molecule is CCNC(=NCC1(C)CCCC1)N1CCC(CN2CCOCC2)C1.I. The molecule has 1 N–H and O–H groups in total. The Kier molecular flexibility index (Phi) is 8.75. The van der Waals surface area contributed by atoms with Gasteiger partial charge in [0.25, 0.3) is 0 Å². The molecule has 146 valence electrons. The van der Waals surface area contributed by atoms with Crippen LogP contribution in [0.3, 0.4) is 0 Å². The zero-order chi connectivity index (χ0) is 16.8. The lowest BCUT2D eigenvalue weighted by molar-refractivity contribution is 0.0315. The van der Waals surface area contributed by atoms with Crippen molar-refractivity contribution in [2.24, 2.45) is 16.3 Å². The average molecular weight is 464 g/mol. The van der Waals surface area contributed by atoms with Gasteiger partial charge in [-0.3, -0.25) is 9.89 Å². The molecule has 3 aliphatic rings. The molecule has 0 aromatic rings. The molecule has 3 rings (SSSR count). The van der Waals surface area contributed by atoms with Gasteiger partial charge in [-0.1, -0.05) is 19.8 Å². The van der Waals surface area contributed by atoms with E-state index in [1.165, 1.54) is 38.6 Å². The first kappa shape index (κ1) is 21.2. The Balaban J connectivity index is 0.00000225. The fourth-order valence-electron chi connectivity index (χ4n) is 4.40. The maximum atomic E-state index is 5.46. The molecule has 3 fully saturated rings. The van der Waals surface area contributed by atoms with Crippen LogP contribution in [0.5, 0.6) is 0 Å². The van der Waals surface area contributed by atoms with Gasteiger partial charge in [-0.25, -0.2) is 0 Å². The van der Waals surface area contributed by atoms with E-state index in [4.69, 9.17) is 9.73 Å². The van der Waals surface area contributed by atoms with Crippen LogP contribution in [0, 0.1) is 11.3 Å². The van der Waals surface area contributed by atoms with E-state index in [2.05, 4.69) is 29.0 Å². The molecule has 5 nitrogen and oxygen atoms in total. The van der Waals surface area contributed by atoms with Gasteiger partial charge in [0.05, 0.1) is 13.2 Å². The third-order valence-electron chi connectivity index (χ3n) is 5.96. The van der Waals surface area contributed by atoms with Gasteiger partial charge in [-0.2, -0.15) is 0 Å². The van der Waals surface area contributed by atoms with Crippen molar-refractivity contribution in [1.29, 1.82) is 0 Å². The number of hydrogen-bond donors (Lipinski definition) is 1. The van der Waals surface area contributed by atoms with Crippen molar-refractivity contribution in [1.82, 2.24) is 15.1 Å². The van der Waals surface area contributed by atoms with Crippen LogP contribution in [0.1, 0.15) is 46.0 Å². The van der Waals surface area contributed by atoms with E-state index >= 15 is 0 Å². The highest BCUT2D eigenvalue weighted by Crippen LogP contribution is 2.37. The highest BCUT2D eigenvalue weighted by molar-refractivity contribution is 14.0. The predicted molar refractivity (Wildman–Crippen MR) is 115 cm³/mol. The first-order valence-corrected chi connectivity index (χ1v) is 10.0. The highest BCUT2D eigenvalue weighted by Gasteiger charge is 2.30.